The van der Waals surface area contributed by atoms with Gasteiger partial charge in [-0.05, 0) is 35.3 Å². The molecular weight excluding hydrogens is 314 g/mol. The zero-order valence-corrected chi connectivity index (χ0v) is 15.0. The summed E-state index contributed by atoms with van der Waals surface area (Å²) < 4.78 is 0. The van der Waals surface area contributed by atoms with E-state index in [1.807, 2.05) is 0 Å². The number of nitrogens with one attached hydrogen (secondary N) is 1. The second-order valence-electron chi connectivity index (χ2n) is 6.73. The Hall–Kier alpha value is -3.06. The van der Waals surface area contributed by atoms with Crippen LogP contribution in [0.15, 0.2) is 103 Å². The van der Waals surface area contributed by atoms with E-state index in [1.165, 1.54) is 33.5 Å². The number of rotatable bonds is 3. The largest absolute Gasteiger partial charge is 0.384 e. The fraction of sp³-hybridized carbons (Fsp3) is 0.120. The monoisotopic (exact) mass is 337 g/mol. The van der Waals surface area contributed by atoms with Gasteiger partial charge in [0.25, 0.3) is 0 Å². The lowest BCUT2D eigenvalue weighted by molar-refractivity contribution is 0.739. The van der Waals surface area contributed by atoms with Gasteiger partial charge in [0.15, 0.2) is 0 Å². The molecule has 1 N–H and O–H groups in total. The highest BCUT2D eigenvalue weighted by Crippen LogP contribution is 2.35. The molecule has 1 aliphatic heterocycles. The van der Waals surface area contributed by atoms with Crippen molar-refractivity contribution in [2.75, 3.05) is 6.54 Å². The number of allylic oxidation sites excluding steroid dienone is 2. The second-order valence-corrected chi connectivity index (χ2v) is 6.73. The van der Waals surface area contributed by atoms with Crippen molar-refractivity contribution >= 4 is 11.3 Å². The summed E-state index contributed by atoms with van der Waals surface area (Å²) in [5.74, 6) is 0.351. The summed E-state index contributed by atoms with van der Waals surface area (Å²) in [4.78, 5) is 0. The van der Waals surface area contributed by atoms with E-state index in [4.69, 9.17) is 0 Å². The third-order valence-electron chi connectivity index (χ3n) is 5.10. The average molecular weight is 337 g/mol. The molecule has 1 aliphatic rings. The molecule has 0 saturated carbocycles. The normalized spacial score (nSPS) is 17.3. The van der Waals surface area contributed by atoms with Gasteiger partial charge in [0, 0.05) is 18.2 Å². The van der Waals surface area contributed by atoms with Crippen LogP contribution in [0.1, 0.15) is 29.5 Å². The summed E-state index contributed by atoms with van der Waals surface area (Å²) in [6, 6.07) is 32.1. The van der Waals surface area contributed by atoms with Crippen molar-refractivity contribution < 1.29 is 0 Å². The van der Waals surface area contributed by atoms with Crippen LogP contribution in [-0.2, 0) is 0 Å². The SMILES string of the molecule is CC1=C(c2ccccc2)C=C(c2ccccc2)NCC1c1ccccc1. The van der Waals surface area contributed by atoms with Crippen LogP contribution in [0.25, 0.3) is 11.3 Å². The summed E-state index contributed by atoms with van der Waals surface area (Å²) in [7, 11) is 0. The minimum atomic E-state index is 0.351. The van der Waals surface area contributed by atoms with Crippen molar-refractivity contribution in [1.29, 1.82) is 0 Å². The van der Waals surface area contributed by atoms with Crippen LogP contribution in [0.5, 0.6) is 0 Å². The van der Waals surface area contributed by atoms with Crippen LogP contribution < -0.4 is 5.32 Å². The minimum absolute atomic E-state index is 0.351. The highest BCUT2D eigenvalue weighted by atomic mass is 14.9. The molecule has 1 heteroatoms. The van der Waals surface area contributed by atoms with Gasteiger partial charge in [-0.3, -0.25) is 0 Å². The summed E-state index contributed by atoms with van der Waals surface area (Å²) in [6.07, 6.45) is 2.31. The lowest BCUT2D eigenvalue weighted by atomic mass is 9.87. The Labute approximate surface area is 155 Å². The molecule has 3 aromatic rings. The van der Waals surface area contributed by atoms with Crippen LogP contribution in [0.2, 0.25) is 0 Å². The quantitative estimate of drug-likeness (QED) is 0.628. The van der Waals surface area contributed by atoms with Gasteiger partial charge in [-0.1, -0.05) is 96.6 Å². The van der Waals surface area contributed by atoms with E-state index in [0.29, 0.717) is 5.92 Å². The van der Waals surface area contributed by atoms with Crippen molar-refractivity contribution in [3.63, 3.8) is 0 Å². The van der Waals surface area contributed by atoms with Gasteiger partial charge in [-0.15, -0.1) is 0 Å². The Morgan fingerprint density at radius 2 is 1.23 bits per heavy atom. The smallest absolute Gasteiger partial charge is 0.0420 e. The van der Waals surface area contributed by atoms with Gasteiger partial charge in [0.2, 0.25) is 0 Å². The highest BCUT2D eigenvalue weighted by molar-refractivity contribution is 5.86. The molecule has 1 unspecified atom stereocenters. The van der Waals surface area contributed by atoms with Crippen LogP contribution in [-0.4, -0.2) is 6.54 Å². The summed E-state index contributed by atoms with van der Waals surface area (Å²) in [6.45, 7) is 3.17. The number of hydrogen-bond acceptors (Lipinski definition) is 1. The van der Waals surface area contributed by atoms with Crippen molar-refractivity contribution in [2.24, 2.45) is 0 Å². The Bertz CT molecular complexity index is 922. The maximum absolute atomic E-state index is 3.70. The Morgan fingerprint density at radius 3 is 1.85 bits per heavy atom. The summed E-state index contributed by atoms with van der Waals surface area (Å²) in [5.41, 5.74) is 7.74. The maximum Gasteiger partial charge on any atom is 0.0420 e. The first-order chi connectivity index (χ1) is 12.8. The number of hydrogen-bond donors (Lipinski definition) is 1. The van der Waals surface area contributed by atoms with Crippen molar-refractivity contribution in [3.05, 3.63) is 119 Å². The molecule has 0 spiro atoms. The Morgan fingerprint density at radius 1 is 0.692 bits per heavy atom. The maximum atomic E-state index is 3.70. The molecule has 4 rings (SSSR count). The van der Waals surface area contributed by atoms with E-state index >= 15 is 0 Å². The zero-order chi connectivity index (χ0) is 17.8. The number of benzene rings is 3. The van der Waals surface area contributed by atoms with Crippen LogP contribution >= 0.6 is 0 Å². The molecule has 0 amide bonds. The fourth-order valence-electron chi connectivity index (χ4n) is 3.65. The fourth-order valence-corrected chi connectivity index (χ4v) is 3.65. The van der Waals surface area contributed by atoms with Crippen LogP contribution in [0.4, 0.5) is 0 Å². The predicted octanol–water partition coefficient (Wildman–Crippen LogP) is 5.89. The third-order valence-corrected chi connectivity index (χ3v) is 5.10. The zero-order valence-electron chi connectivity index (χ0n) is 15.0. The lowest BCUT2D eigenvalue weighted by Gasteiger charge is -2.20. The molecule has 3 aromatic carbocycles. The van der Waals surface area contributed by atoms with Crippen LogP contribution in [0.3, 0.4) is 0 Å². The third kappa shape index (κ3) is 3.34. The molecule has 1 nitrogen and oxygen atoms in total. The molecular formula is C25H23N. The van der Waals surface area contributed by atoms with Crippen molar-refractivity contribution in [3.8, 4) is 0 Å². The van der Waals surface area contributed by atoms with E-state index < -0.39 is 0 Å². The Kier molecular flexibility index (Phi) is 4.70. The lowest BCUT2D eigenvalue weighted by Crippen LogP contribution is -2.19. The predicted molar refractivity (Wildman–Crippen MR) is 111 cm³/mol. The first kappa shape index (κ1) is 16.4. The van der Waals surface area contributed by atoms with E-state index in [1.54, 1.807) is 0 Å². The summed E-state index contributed by atoms with van der Waals surface area (Å²) in [5, 5.41) is 3.70. The first-order valence-electron chi connectivity index (χ1n) is 9.15. The molecule has 0 radical (unpaired) electrons. The van der Waals surface area contributed by atoms with E-state index in [2.05, 4.69) is 109 Å². The van der Waals surface area contributed by atoms with Crippen LogP contribution in [0, 0.1) is 0 Å². The average Bonchev–Trinajstić information content (AvgIpc) is 2.89. The standard InChI is InChI=1S/C25H23N/c1-19-23(20-11-5-2-6-12-20)17-25(22-15-9-4-10-16-22)26-18-24(19)21-13-7-3-8-14-21/h2-17,24,26H,18H2,1H3. The second kappa shape index (κ2) is 7.45. The van der Waals surface area contributed by atoms with E-state index in [9.17, 15) is 0 Å². The van der Waals surface area contributed by atoms with E-state index in [-0.39, 0.29) is 0 Å². The summed E-state index contributed by atoms with van der Waals surface area (Å²) >= 11 is 0. The van der Waals surface area contributed by atoms with Gasteiger partial charge < -0.3 is 5.32 Å². The first-order valence-corrected chi connectivity index (χ1v) is 9.15. The highest BCUT2D eigenvalue weighted by Gasteiger charge is 2.21. The van der Waals surface area contributed by atoms with Gasteiger partial charge in [0.1, 0.15) is 0 Å². The molecule has 0 aliphatic carbocycles. The molecule has 1 atom stereocenters. The van der Waals surface area contributed by atoms with Gasteiger partial charge in [-0.2, -0.15) is 0 Å². The van der Waals surface area contributed by atoms with Gasteiger partial charge in [0.05, 0.1) is 0 Å². The topological polar surface area (TPSA) is 12.0 Å². The molecule has 26 heavy (non-hydrogen) atoms. The van der Waals surface area contributed by atoms with Gasteiger partial charge in [-0.25, -0.2) is 0 Å². The van der Waals surface area contributed by atoms with Gasteiger partial charge >= 0.3 is 0 Å². The molecule has 1 heterocycles. The molecule has 0 fully saturated rings. The molecule has 0 aromatic heterocycles. The van der Waals surface area contributed by atoms with Crippen molar-refractivity contribution in [1.82, 2.24) is 5.32 Å². The molecule has 0 saturated heterocycles. The molecule has 128 valence electrons. The Balaban J connectivity index is 1.84. The van der Waals surface area contributed by atoms with E-state index in [0.717, 1.165) is 6.54 Å². The van der Waals surface area contributed by atoms with Crippen molar-refractivity contribution in [2.45, 2.75) is 12.8 Å². The minimum Gasteiger partial charge on any atom is -0.384 e. The molecule has 0 bridgehead atoms.